The summed E-state index contributed by atoms with van der Waals surface area (Å²) in [5.41, 5.74) is 0.958. The maximum atomic E-state index is 9.19. The lowest BCUT2D eigenvalue weighted by atomic mass is 10.3. The van der Waals surface area contributed by atoms with E-state index in [1.54, 1.807) is 6.20 Å². The minimum atomic E-state index is -0.677. The van der Waals surface area contributed by atoms with Crippen molar-refractivity contribution in [3.05, 3.63) is 30.1 Å². The fourth-order valence-electron chi connectivity index (χ4n) is 1.25. The first-order chi connectivity index (χ1) is 6.72. The highest BCUT2D eigenvalue weighted by Gasteiger charge is 2.07. The molecule has 2 N–H and O–H groups in total. The molecule has 0 amide bonds. The summed E-state index contributed by atoms with van der Waals surface area (Å²) >= 11 is 0. The Labute approximate surface area is 83.8 Å². The highest BCUT2D eigenvalue weighted by atomic mass is 16.3. The lowest BCUT2D eigenvalue weighted by Crippen LogP contribution is -2.31. The van der Waals surface area contributed by atoms with Crippen molar-refractivity contribution in [1.29, 1.82) is 0 Å². The van der Waals surface area contributed by atoms with Crippen molar-refractivity contribution in [2.45, 2.75) is 12.6 Å². The molecule has 0 fully saturated rings. The molecule has 0 saturated carbocycles. The molecule has 78 valence electrons. The van der Waals surface area contributed by atoms with Crippen LogP contribution in [0.5, 0.6) is 0 Å². The Balaban J connectivity index is 2.37. The van der Waals surface area contributed by atoms with Gasteiger partial charge in [0.15, 0.2) is 0 Å². The van der Waals surface area contributed by atoms with E-state index in [0.29, 0.717) is 13.1 Å². The number of aromatic nitrogens is 1. The van der Waals surface area contributed by atoms with Crippen molar-refractivity contribution in [1.82, 2.24) is 9.88 Å². The van der Waals surface area contributed by atoms with Crippen LogP contribution in [0, 0.1) is 0 Å². The zero-order valence-corrected chi connectivity index (χ0v) is 8.30. The van der Waals surface area contributed by atoms with Crippen LogP contribution in [-0.4, -0.2) is 46.4 Å². The molecular formula is C10H16N2O2. The van der Waals surface area contributed by atoms with Crippen LogP contribution in [0.15, 0.2) is 24.4 Å². The summed E-state index contributed by atoms with van der Waals surface area (Å²) in [5.74, 6) is 0. The van der Waals surface area contributed by atoms with Gasteiger partial charge < -0.3 is 10.2 Å². The quantitative estimate of drug-likeness (QED) is 0.688. The number of likely N-dealkylation sites (N-methyl/N-ethyl adjacent to an activating group) is 1. The van der Waals surface area contributed by atoms with Crippen LogP contribution in [0.4, 0.5) is 0 Å². The Hall–Kier alpha value is -0.970. The van der Waals surface area contributed by atoms with Crippen molar-refractivity contribution in [2.24, 2.45) is 0 Å². The van der Waals surface area contributed by atoms with Gasteiger partial charge in [-0.3, -0.25) is 9.88 Å². The minimum Gasteiger partial charge on any atom is -0.394 e. The molecule has 0 aliphatic rings. The van der Waals surface area contributed by atoms with Crippen molar-refractivity contribution >= 4 is 0 Å². The molecule has 1 aromatic heterocycles. The van der Waals surface area contributed by atoms with Crippen LogP contribution in [0.2, 0.25) is 0 Å². The van der Waals surface area contributed by atoms with E-state index in [4.69, 9.17) is 5.11 Å². The van der Waals surface area contributed by atoms with Gasteiger partial charge in [0.2, 0.25) is 0 Å². The van der Waals surface area contributed by atoms with E-state index in [0.717, 1.165) is 5.69 Å². The van der Waals surface area contributed by atoms with Gasteiger partial charge in [-0.05, 0) is 19.2 Å². The fourth-order valence-corrected chi connectivity index (χ4v) is 1.25. The average molecular weight is 196 g/mol. The Kier molecular flexibility index (Phi) is 4.52. The third kappa shape index (κ3) is 3.83. The van der Waals surface area contributed by atoms with Gasteiger partial charge >= 0.3 is 0 Å². The van der Waals surface area contributed by atoms with Crippen molar-refractivity contribution in [3.8, 4) is 0 Å². The lowest BCUT2D eigenvalue weighted by Gasteiger charge is -2.18. The molecule has 0 aromatic carbocycles. The number of pyridine rings is 1. The lowest BCUT2D eigenvalue weighted by molar-refractivity contribution is 0.0645. The summed E-state index contributed by atoms with van der Waals surface area (Å²) in [4.78, 5) is 6.09. The Morgan fingerprint density at radius 2 is 2.29 bits per heavy atom. The van der Waals surface area contributed by atoms with E-state index in [1.165, 1.54) is 0 Å². The van der Waals surface area contributed by atoms with Gasteiger partial charge in [-0.2, -0.15) is 0 Å². The van der Waals surface area contributed by atoms with Crippen LogP contribution >= 0.6 is 0 Å². The summed E-state index contributed by atoms with van der Waals surface area (Å²) in [6, 6.07) is 5.73. The number of nitrogens with zero attached hydrogens (tertiary/aromatic N) is 2. The van der Waals surface area contributed by atoms with Crippen LogP contribution in [-0.2, 0) is 6.54 Å². The van der Waals surface area contributed by atoms with Crippen molar-refractivity contribution in [2.75, 3.05) is 20.2 Å². The smallest absolute Gasteiger partial charge is 0.0897 e. The van der Waals surface area contributed by atoms with Gasteiger partial charge in [0.05, 0.1) is 18.4 Å². The van der Waals surface area contributed by atoms with E-state index in [2.05, 4.69) is 4.98 Å². The Bertz CT molecular complexity index is 254. The maximum Gasteiger partial charge on any atom is 0.0897 e. The molecule has 1 aromatic rings. The molecule has 4 nitrogen and oxygen atoms in total. The zero-order chi connectivity index (χ0) is 10.4. The van der Waals surface area contributed by atoms with Gasteiger partial charge in [-0.25, -0.2) is 0 Å². The Morgan fingerprint density at radius 1 is 1.50 bits per heavy atom. The summed E-state index contributed by atoms with van der Waals surface area (Å²) in [5, 5.41) is 17.9. The first-order valence-corrected chi connectivity index (χ1v) is 4.59. The second-order valence-corrected chi connectivity index (χ2v) is 3.35. The normalized spacial score (nSPS) is 13.1. The first-order valence-electron chi connectivity index (χ1n) is 4.59. The third-order valence-electron chi connectivity index (χ3n) is 1.89. The zero-order valence-electron chi connectivity index (χ0n) is 8.30. The fraction of sp³-hybridized carbons (Fsp3) is 0.500. The van der Waals surface area contributed by atoms with Gasteiger partial charge in [0, 0.05) is 19.3 Å². The molecule has 0 aliphatic carbocycles. The average Bonchev–Trinajstić information content (AvgIpc) is 2.19. The molecule has 1 rings (SSSR count). The molecule has 14 heavy (non-hydrogen) atoms. The van der Waals surface area contributed by atoms with Gasteiger partial charge in [0.25, 0.3) is 0 Å². The van der Waals surface area contributed by atoms with Crippen LogP contribution in [0.3, 0.4) is 0 Å². The van der Waals surface area contributed by atoms with Gasteiger partial charge in [0.1, 0.15) is 0 Å². The summed E-state index contributed by atoms with van der Waals surface area (Å²) in [6.45, 7) is 0.928. The van der Waals surface area contributed by atoms with Gasteiger partial charge in [-0.1, -0.05) is 6.07 Å². The SMILES string of the molecule is CN(Cc1ccccn1)CC(O)CO. The summed E-state index contributed by atoms with van der Waals surface area (Å²) in [6.07, 6.45) is 1.06. The number of rotatable bonds is 5. The molecular weight excluding hydrogens is 180 g/mol. The predicted molar refractivity (Wildman–Crippen MR) is 53.7 cm³/mol. The molecule has 0 bridgehead atoms. The minimum absolute atomic E-state index is 0.202. The number of hydrogen-bond donors (Lipinski definition) is 2. The summed E-state index contributed by atoms with van der Waals surface area (Å²) < 4.78 is 0. The Morgan fingerprint density at radius 3 is 2.86 bits per heavy atom. The van der Waals surface area contributed by atoms with Crippen LogP contribution in [0.25, 0.3) is 0 Å². The molecule has 0 spiro atoms. The largest absolute Gasteiger partial charge is 0.394 e. The second kappa shape index (κ2) is 5.70. The highest BCUT2D eigenvalue weighted by Crippen LogP contribution is 1.99. The first kappa shape index (κ1) is 11.1. The van der Waals surface area contributed by atoms with E-state index < -0.39 is 6.10 Å². The molecule has 0 radical (unpaired) electrons. The third-order valence-corrected chi connectivity index (χ3v) is 1.89. The topological polar surface area (TPSA) is 56.6 Å². The van der Waals surface area contributed by atoms with E-state index in [9.17, 15) is 5.11 Å². The second-order valence-electron chi connectivity index (χ2n) is 3.35. The molecule has 0 aliphatic heterocycles. The van der Waals surface area contributed by atoms with E-state index >= 15 is 0 Å². The highest BCUT2D eigenvalue weighted by molar-refractivity contribution is 5.02. The molecule has 1 heterocycles. The molecule has 1 atom stereocenters. The number of hydrogen-bond acceptors (Lipinski definition) is 4. The monoisotopic (exact) mass is 196 g/mol. The number of aliphatic hydroxyl groups is 2. The van der Waals surface area contributed by atoms with E-state index in [-0.39, 0.29) is 6.61 Å². The van der Waals surface area contributed by atoms with Crippen molar-refractivity contribution in [3.63, 3.8) is 0 Å². The molecule has 1 unspecified atom stereocenters. The summed E-state index contributed by atoms with van der Waals surface area (Å²) in [7, 11) is 1.88. The standard InChI is InChI=1S/C10H16N2O2/c1-12(7-10(14)8-13)6-9-4-2-3-5-11-9/h2-5,10,13-14H,6-8H2,1H3. The van der Waals surface area contributed by atoms with Crippen LogP contribution < -0.4 is 0 Å². The molecule has 4 heteroatoms. The number of aliphatic hydroxyl groups excluding tert-OH is 2. The maximum absolute atomic E-state index is 9.19. The van der Waals surface area contributed by atoms with Crippen molar-refractivity contribution < 1.29 is 10.2 Å². The predicted octanol–water partition coefficient (Wildman–Crippen LogP) is -0.133. The van der Waals surface area contributed by atoms with E-state index in [1.807, 2.05) is 30.1 Å². The van der Waals surface area contributed by atoms with Gasteiger partial charge in [-0.15, -0.1) is 0 Å². The molecule has 0 saturated heterocycles. The van der Waals surface area contributed by atoms with Crippen LogP contribution in [0.1, 0.15) is 5.69 Å².